The lowest BCUT2D eigenvalue weighted by Crippen LogP contribution is -2.30. The Morgan fingerprint density at radius 1 is 1.25 bits per heavy atom. The van der Waals surface area contributed by atoms with E-state index in [1.807, 2.05) is 6.07 Å². The molecule has 0 bridgehead atoms. The molecule has 0 saturated heterocycles. The van der Waals surface area contributed by atoms with Crippen LogP contribution in [0.4, 0.5) is 0 Å². The van der Waals surface area contributed by atoms with Crippen LogP contribution in [0.2, 0.25) is 0 Å². The van der Waals surface area contributed by atoms with E-state index >= 15 is 0 Å². The topological polar surface area (TPSA) is 56.7 Å². The summed E-state index contributed by atoms with van der Waals surface area (Å²) in [4.78, 5) is 0. The zero-order valence-corrected chi connectivity index (χ0v) is 12.2. The molecule has 1 atom stereocenters. The van der Waals surface area contributed by atoms with Gasteiger partial charge in [0.2, 0.25) is 0 Å². The second-order valence-corrected chi connectivity index (χ2v) is 6.18. The Labute approximate surface area is 120 Å². The largest absolute Gasteiger partial charge is 0.330 e. The zero-order valence-electron chi connectivity index (χ0n) is 12.2. The first-order valence-corrected chi connectivity index (χ1v) is 7.31. The highest BCUT2D eigenvalue weighted by Crippen LogP contribution is 2.32. The monoisotopic (exact) mass is 270 g/mol. The van der Waals surface area contributed by atoms with Crippen molar-refractivity contribution >= 4 is 0 Å². The number of hydrogen-bond acceptors (Lipinski definition) is 3. The van der Waals surface area contributed by atoms with Gasteiger partial charge in [0.25, 0.3) is 0 Å². The Morgan fingerprint density at radius 2 is 2.00 bits per heavy atom. The first kappa shape index (κ1) is 13.3. The maximum Gasteiger partial charge on any atom is 0.143 e. The molecule has 1 aliphatic heterocycles. The van der Waals surface area contributed by atoms with Crippen molar-refractivity contribution < 1.29 is 0 Å². The molecule has 0 saturated carbocycles. The van der Waals surface area contributed by atoms with Gasteiger partial charge in [-0.25, -0.2) is 0 Å². The van der Waals surface area contributed by atoms with Gasteiger partial charge in [-0.05, 0) is 38.3 Å². The Bertz CT molecular complexity index is 586. The fourth-order valence-corrected chi connectivity index (χ4v) is 3.04. The lowest BCUT2D eigenvalue weighted by atomic mass is 9.83. The molecular formula is C16H22N4. The second-order valence-electron chi connectivity index (χ2n) is 6.18. The third-order valence-corrected chi connectivity index (χ3v) is 4.45. The lowest BCUT2D eigenvalue weighted by molar-refractivity contribution is 0.374. The van der Waals surface area contributed by atoms with Crippen LogP contribution in [0.3, 0.4) is 0 Å². The van der Waals surface area contributed by atoms with Crippen LogP contribution in [0.5, 0.6) is 0 Å². The van der Waals surface area contributed by atoms with Crippen molar-refractivity contribution in [3.63, 3.8) is 0 Å². The summed E-state index contributed by atoms with van der Waals surface area (Å²) in [5, 5.41) is 8.89. The van der Waals surface area contributed by atoms with Gasteiger partial charge in [-0.15, -0.1) is 10.2 Å². The third kappa shape index (κ3) is 2.14. The summed E-state index contributed by atoms with van der Waals surface area (Å²) in [6, 6.07) is 10.5. The predicted octanol–water partition coefficient (Wildman–Crippen LogP) is 2.13. The molecule has 4 heteroatoms. The maximum atomic E-state index is 5.79. The van der Waals surface area contributed by atoms with Crippen molar-refractivity contribution in [3.8, 4) is 0 Å². The van der Waals surface area contributed by atoms with E-state index in [-0.39, 0.29) is 5.41 Å². The molecule has 0 amide bonds. The van der Waals surface area contributed by atoms with Crippen molar-refractivity contribution in [2.24, 2.45) is 11.7 Å². The minimum absolute atomic E-state index is 0.123. The average Bonchev–Trinajstić information content (AvgIpc) is 2.91. The minimum atomic E-state index is -0.123. The van der Waals surface area contributed by atoms with Crippen molar-refractivity contribution in [1.29, 1.82) is 0 Å². The van der Waals surface area contributed by atoms with Gasteiger partial charge in [0.1, 0.15) is 11.6 Å². The molecule has 2 N–H and O–H groups in total. The normalized spacial score (nSPS) is 18.9. The van der Waals surface area contributed by atoms with E-state index in [0.29, 0.717) is 5.92 Å². The minimum Gasteiger partial charge on any atom is -0.330 e. The van der Waals surface area contributed by atoms with Gasteiger partial charge in [-0.2, -0.15) is 0 Å². The summed E-state index contributed by atoms with van der Waals surface area (Å²) in [5.41, 5.74) is 6.94. The van der Waals surface area contributed by atoms with Crippen LogP contribution in [0.25, 0.3) is 0 Å². The third-order valence-electron chi connectivity index (χ3n) is 4.45. The summed E-state index contributed by atoms with van der Waals surface area (Å²) in [7, 11) is 0. The van der Waals surface area contributed by atoms with E-state index in [2.05, 4.69) is 52.9 Å². The first-order valence-electron chi connectivity index (χ1n) is 7.31. The fourth-order valence-electron chi connectivity index (χ4n) is 3.04. The van der Waals surface area contributed by atoms with Crippen molar-refractivity contribution in [2.45, 2.75) is 38.6 Å². The number of aromatic nitrogens is 3. The van der Waals surface area contributed by atoms with Gasteiger partial charge in [0, 0.05) is 18.4 Å². The molecule has 1 unspecified atom stereocenters. The molecule has 1 aromatic carbocycles. The molecule has 1 aromatic heterocycles. The van der Waals surface area contributed by atoms with Gasteiger partial charge in [-0.3, -0.25) is 0 Å². The molecule has 2 aromatic rings. The van der Waals surface area contributed by atoms with Crippen LogP contribution in [0.1, 0.15) is 37.5 Å². The van der Waals surface area contributed by atoms with Gasteiger partial charge in [-0.1, -0.05) is 30.3 Å². The summed E-state index contributed by atoms with van der Waals surface area (Å²) < 4.78 is 2.29. The maximum absolute atomic E-state index is 5.79. The number of nitrogens with two attached hydrogens (primary N) is 1. The summed E-state index contributed by atoms with van der Waals surface area (Å²) in [6.07, 6.45) is 2.08. The van der Waals surface area contributed by atoms with Crippen LogP contribution in [-0.4, -0.2) is 21.3 Å². The van der Waals surface area contributed by atoms with E-state index in [1.54, 1.807) is 0 Å². The van der Waals surface area contributed by atoms with Crippen molar-refractivity contribution in [2.75, 3.05) is 6.54 Å². The Kier molecular flexibility index (Phi) is 3.34. The number of fused-ring (bicyclic) bond motifs is 1. The fraction of sp³-hybridized carbons (Fsp3) is 0.500. The van der Waals surface area contributed by atoms with E-state index in [9.17, 15) is 0 Å². The predicted molar refractivity (Wildman–Crippen MR) is 79.5 cm³/mol. The van der Waals surface area contributed by atoms with Gasteiger partial charge < -0.3 is 10.3 Å². The summed E-state index contributed by atoms with van der Waals surface area (Å²) in [6.45, 7) is 6.16. The van der Waals surface area contributed by atoms with Crippen molar-refractivity contribution in [1.82, 2.24) is 14.8 Å². The highest BCUT2D eigenvalue weighted by molar-refractivity contribution is 5.31. The van der Waals surface area contributed by atoms with E-state index in [1.165, 1.54) is 5.56 Å². The number of benzene rings is 1. The van der Waals surface area contributed by atoms with Crippen LogP contribution in [0.15, 0.2) is 30.3 Å². The zero-order chi connectivity index (χ0) is 14.2. The van der Waals surface area contributed by atoms with Crippen molar-refractivity contribution in [3.05, 3.63) is 47.5 Å². The van der Waals surface area contributed by atoms with Gasteiger partial charge in [0.05, 0.1) is 0 Å². The van der Waals surface area contributed by atoms with E-state index in [0.717, 1.165) is 37.6 Å². The van der Waals surface area contributed by atoms with Crippen LogP contribution in [-0.2, 0) is 18.4 Å². The first-order chi connectivity index (χ1) is 9.63. The quantitative estimate of drug-likeness (QED) is 0.929. The highest BCUT2D eigenvalue weighted by atomic mass is 15.3. The molecule has 2 heterocycles. The molecule has 106 valence electrons. The molecule has 20 heavy (non-hydrogen) atoms. The standard InChI is InChI=1S/C16H22N4/c1-16(2,13-6-4-3-5-7-13)15-19-18-14-10-12(11-17)8-9-20(14)15/h3-7,12H,8-11,17H2,1-2H3. The second kappa shape index (κ2) is 5.02. The highest BCUT2D eigenvalue weighted by Gasteiger charge is 2.32. The van der Waals surface area contributed by atoms with E-state index < -0.39 is 0 Å². The lowest BCUT2D eigenvalue weighted by Gasteiger charge is -2.28. The Hall–Kier alpha value is -1.68. The smallest absolute Gasteiger partial charge is 0.143 e. The molecule has 0 aliphatic carbocycles. The Morgan fingerprint density at radius 3 is 2.70 bits per heavy atom. The van der Waals surface area contributed by atoms with E-state index in [4.69, 9.17) is 5.73 Å². The molecular weight excluding hydrogens is 248 g/mol. The average molecular weight is 270 g/mol. The van der Waals surface area contributed by atoms with Gasteiger partial charge in [0.15, 0.2) is 0 Å². The SMILES string of the molecule is CC(C)(c1ccccc1)c1nnc2n1CCC(CN)C2. The molecule has 3 rings (SSSR count). The Balaban J connectivity index is 1.98. The molecule has 4 nitrogen and oxygen atoms in total. The summed E-state index contributed by atoms with van der Waals surface area (Å²) in [5.74, 6) is 2.71. The number of hydrogen-bond donors (Lipinski definition) is 1. The molecule has 1 aliphatic rings. The van der Waals surface area contributed by atoms with Crippen LogP contribution < -0.4 is 5.73 Å². The number of nitrogens with zero attached hydrogens (tertiary/aromatic N) is 3. The number of rotatable bonds is 3. The molecule has 0 radical (unpaired) electrons. The van der Waals surface area contributed by atoms with Gasteiger partial charge >= 0.3 is 0 Å². The summed E-state index contributed by atoms with van der Waals surface area (Å²) >= 11 is 0. The molecule has 0 fully saturated rings. The van der Waals surface area contributed by atoms with Crippen LogP contribution in [0, 0.1) is 5.92 Å². The molecule has 0 spiro atoms. The van der Waals surface area contributed by atoms with Crippen LogP contribution >= 0.6 is 0 Å².